The van der Waals surface area contributed by atoms with Crippen molar-refractivity contribution in [2.45, 2.75) is 41.4 Å². The minimum atomic E-state index is -2.40. The molecule has 4 rings (SSSR count). The summed E-state index contributed by atoms with van der Waals surface area (Å²) in [6, 6.07) is 24.1. The van der Waals surface area contributed by atoms with Gasteiger partial charge in [-0.1, -0.05) is 89.4 Å². The summed E-state index contributed by atoms with van der Waals surface area (Å²) in [5.74, 6) is -3.48. The highest BCUT2D eigenvalue weighted by molar-refractivity contribution is 6.76. The smallest absolute Gasteiger partial charge is 0.338 e. The Labute approximate surface area is 250 Å². The van der Waals surface area contributed by atoms with E-state index >= 15 is 0 Å². The molecule has 0 saturated carbocycles. The van der Waals surface area contributed by atoms with Crippen LogP contribution in [0.1, 0.15) is 38.0 Å². The van der Waals surface area contributed by atoms with E-state index in [4.69, 9.17) is 53.8 Å². The Hall–Kier alpha value is -3.63. The second kappa shape index (κ2) is 13.4. The summed E-state index contributed by atoms with van der Waals surface area (Å²) in [6.45, 7) is 1.52. The molecule has 1 saturated heterocycles. The lowest BCUT2D eigenvalue weighted by atomic mass is 9.97. The molecule has 3 aromatic rings. The highest BCUT2D eigenvalue weighted by Crippen LogP contribution is 2.32. The van der Waals surface area contributed by atoms with E-state index in [0.29, 0.717) is 0 Å². The first-order valence-electron chi connectivity index (χ1n) is 12.4. The monoisotopic (exact) mass is 619 g/mol. The van der Waals surface area contributed by atoms with Crippen LogP contribution in [-0.2, 0) is 23.7 Å². The number of hydrogen-bond donors (Lipinski definition) is 1. The number of carbonyl (C=O) groups excluding carboxylic acids is 4. The van der Waals surface area contributed by atoms with Crippen LogP contribution in [0, 0.1) is 0 Å². The molecule has 1 amide bonds. The third-order valence-corrected chi connectivity index (χ3v) is 6.57. The van der Waals surface area contributed by atoms with E-state index in [2.05, 4.69) is 5.32 Å². The van der Waals surface area contributed by atoms with Gasteiger partial charge in [0.05, 0.1) is 22.8 Å². The third kappa shape index (κ3) is 7.77. The summed E-state index contributed by atoms with van der Waals surface area (Å²) >= 11 is 17.3. The van der Waals surface area contributed by atoms with Crippen molar-refractivity contribution in [3.63, 3.8) is 0 Å². The fourth-order valence-corrected chi connectivity index (χ4v) is 4.23. The Kier molecular flexibility index (Phi) is 9.88. The van der Waals surface area contributed by atoms with Gasteiger partial charge in [0.15, 0.2) is 24.5 Å². The number of esters is 3. The fourth-order valence-electron chi connectivity index (χ4n) is 4.06. The van der Waals surface area contributed by atoms with E-state index in [9.17, 15) is 19.2 Å². The molecule has 0 aliphatic carbocycles. The van der Waals surface area contributed by atoms with Crippen molar-refractivity contribution in [1.82, 2.24) is 5.32 Å². The number of carbonyl (C=O) groups is 4. The second-order valence-electron chi connectivity index (χ2n) is 8.94. The molecule has 1 aliphatic heterocycles. The molecule has 0 bridgehead atoms. The molecule has 0 radical (unpaired) electrons. The number of benzene rings is 3. The fraction of sp³-hybridized carbons (Fsp3) is 0.241. The third-order valence-electron chi connectivity index (χ3n) is 6.06. The first-order chi connectivity index (χ1) is 19.5. The average molecular weight is 621 g/mol. The first kappa shape index (κ1) is 30.3. The molecule has 5 atom stereocenters. The van der Waals surface area contributed by atoms with Gasteiger partial charge in [0.1, 0.15) is 0 Å². The minimum Gasteiger partial charge on any atom is -0.452 e. The molecule has 214 valence electrons. The lowest BCUT2D eigenvalue weighted by molar-refractivity contribution is -0.224. The van der Waals surface area contributed by atoms with Crippen LogP contribution in [0.5, 0.6) is 0 Å². The summed E-state index contributed by atoms with van der Waals surface area (Å²) in [7, 11) is 0. The molecule has 0 unspecified atom stereocenters. The lowest BCUT2D eigenvalue weighted by Crippen LogP contribution is -2.65. The number of ether oxygens (including phenoxy) is 4. The van der Waals surface area contributed by atoms with Gasteiger partial charge in [-0.2, -0.15) is 0 Å². The van der Waals surface area contributed by atoms with Crippen molar-refractivity contribution in [2.24, 2.45) is 0 Å². The standard InChI is InChI=1S/C29H24Cl3NO8/c1-17-21(39-25(34)18-11-5-2-6-12-18)22(40-26(35)19-13-7-3-8-14-19)23(24(38-17)33-28(37)29(30,31)32)41-27(36)20-15-9-4-10-16-20/h2-17,21-24H,1H3,(H,33,37)/t17-,21-,22+,23+,24+/m0/s1. The van der Waals surface area contributed by atoms with Gasteiger partial charge >= 0.3 is 17.9 Å². The number of amides is 1. The van der Waals surface area contributed by atoms with Crippen LogP contribution in [0.3, 0.4) is 0 Å². The molecular formula is C29H24Cl3NO8. The SMILES string of the molecule is C[C@@H]1O[C@@H](NC(=O)C(Cl)(Cl)Cl)[C@H](OC(=O)c2ccccc2)[C@H](OC(=O)c2ccccc2)[C@H]1OC(=O)c1ccccc1. The maximum atomic E-state index is 13.2. The molecular weight excluding hydrogens is 597 g/mol. The zero-order chi connectivity index (χ0) is 29.6. The molecule has 1 heterocycles. The zero-order valence-corrected chi connectivity index (χ0v) is 23.7. The van der Waals surface area contributed by atoms with Gasteiger partial charge in [0.25, 0.3) is 9.70 Å². The Morgan fingerprint density at radius 1 is 0.634 bits per heavy atom. The molecule has 9 nitrogen and oxygen atoms in total. The topological polar surface area (TPSA) is 117 Å². The molecule has 0 spiro atoms. The summed E-state index contributed by atoms with van der Waals surface area (Å²) in [5, 5.41) is 2.38. The van der Waals surface area contributed by atoms with Gasteiger partial charge in [-0.25, -0.2) is 14.4 Å². The molecule has 41 heavy (non-hydrogen) atoms. The molecule has 1 aliphatic rings. The van der Waals surface area contributed by atoms with Crippen LogP contribution in [-0.4, -0.2) is 58.3 Å². The van der Waals surface area contributed by atoms with Crippen molar-refractivity contribution in [3.05, 3.63) is 108 Å². The van der Waals surface area contributed by atoms with Gasteiger partial charge in [0.2, 0.25) is 0 Å². The molecule has 0 aromatic heterocycles. The number of hydrogen-bond acceptors (Lipinski definition) is 8. The number of halogens is 3. The van der Waals surface area contributed by atoms with Crippen LogP contribution < -0.4 is 5.32 Å². The molecule has 12 heteroatoms. The van der Waals surface area contributed by atoms with Crippen molar-refractivity contribution in [1.29, 1.82) is 0 Å². The van der Waals surface area contributed by atoms with E-state index in [-0.39, 0.29) is 16.7 Å². The molecule has 1 fully saturated rings. The van der Waals surface area contributed by atoms with Gasteiger partial charge in [-0.05, 0) is 43.3 Å². The highest BCUT2D eigenvalue weighted by Gasteiger charge is 2.52. The van der Waals surface area contributed by atoms with Crippen LogP contribution >= 0.6 is 34.8 Å². The van der Waals surface area contributed by atoms with Crippen LogP contribution in [0.25, 0.3) is 0 Å². The normalized spacial score (nSPS) is 22.2. The maximum Gasteiger partial charge on any atom is 0.338 e. The average Bonchev–Trinajstić information content (AvgIpc) is 2.97. The van der Waals surface area contributed by atoms with E-state index in [1.54, 1.807) is 66.7 Å². The van der Waals surface area contributed by atoms with Crippen molar-refractivity contribution in [3.8, 4) is 0 Å². The van der Waals surface area contributed by atoms with Gasteiger partial charge in [-0.3, -0.25) is 4.79 Å². The van der Waals surface area contributed by atoms with Crippen LogP contribution in [0.15, 0.2) is 91.0 Å². The minimum absolute atomic E-state index is 0.156. The Morgan fingerprint density at radius 3 is 1.39 bits per heavy atom. The summed E-state index contributed by atoms with van der Waals surface area (Å²) in [6.07, 6.45) is -6.77. The summed E-state index contributed by atoms with van der Waals surface area (Å²) in [5.41, 5.74) is 0.552. The Bertz CT molecular complexity index is 1370. The highest BCUT2D eigenvalue weighted by atomic mass is 35.6. The quantitative estimate of drug-likeness (QED) is 0.225. The van der Waals surface area contributed by atoms with Gasteiger partial charge in [-0.15, -0.1) is 0 Å². The van der Waals surface area contributed by atoms with E-state index < -0.39 is 58.3 Å². The van der Waals surface area contributed by atoms with Crippen molar-refractivity contribution < 1.29 is 38.1 Å². The van der Waals surface area contributed by atoms with Crippen molar-refractivity contribution in [2.75, 3.05) is 0 Å². The van der Waals surface area contributed by atoms with Gasteiger partial charge < -0.3 is 24.3 Å². The number of nitrogens with one attached hydrogen (secondary N) is 1. The first-order valence-corrected chi connectivity index (χ1v) is 13.5. The predicted molar refractivity (Wildman–Crippen MR) is 150 cm³/mol. The second-order valence-corrected chi connectivity index (χ2v) is 11.2. The zero-order valence-electron chi connectivity index (χ0n) is 21.4. The van der Waals surface area contributed by atoms with Gasteiger partial charge in [0, 0.05) is 0 Å². The Balaban J connectivity index is 1.73. The largest absolute Gasteiger partial charge is 0.452 e. The van der Waals surface area contributed by atoms with Crippen LogP contribution in [0.2, 0.25) is 0 Å². The summed E-state index contributed by atoms with van der Waals surface area (Å²) in [4.78, 5) is 52.0. The lowest BCUT2D eigenvalue weighted by Gasteiger charge is -2.44. The van der Waals surface area contributed by atoms with E-state index in [0.717, 1.165) is 0 Å². The maximum absolute atomic E-state index is 13.2. The molecule has 1 N–H and O–H groups in total. The molecule has 3 aromatic carbocycles. The predicted octanol–water partition coefficient (Wildman–Crippen LogP) is 4.89. The Morgan fingerprint density at radius 2 is 1.00 bits per heavy atom. The van der Waals surface area contributed by atoms with Crippen molar-refractivity contribution >= 4 is 58.6 Å². The number of alkyl halides is 3. The van der Waals surface area contributed by atoms with Crippen LogP contribution in [0.4, 0.5) is 0 Å². The summed E-state index contributed by atoms with van der Waals surface area (Å²) < 4.78 is 20.8. The van der Waals surface area contributed by atoms with E-state index in [1.165, 1.54) is 31.2 Å². The van der Waals surface area contributed by atoms with E-state index in [1.807, 2.05) is 0 Å². The number of rotatable bonds is 7.